The largest absolute Gasteiger partial charge is 0.392 e. The van der Waals surface area contributed by atoms with Gasteiger partial charge >= 0.3 is 0 Å². The average molecular weight is 264 g/mol. The van der Waals surface area contributed by atoms with E-state index in [0.717, 1.165) is 44.1 Å². The Kier molecular flexibility index (Phi) is 3.95. The second kappa shape index (κ2) is 5.06. The zero-order valence-corrected chi connectivity index (χ0v) is 12.6. The number of allylic oxidation sites excluding steroid dienone is 2. The van der Waals surface area contributed by atoms with Crippen LogP contribution in [0.1, 0.15) is 59.3 Å². The topological polar surface area (TPSA) is 40.5 Å². The minimum atomic E-state index is -0.872. The molecule has 3 aliphatic carbocycles. The number of hydrogen-bond acceptors (Lipinski definition) is 2. The zero-order valence-electron chi connectivity index (χ0n) is 12.6. The van der Waals surface area contributed by atoms with E-state index in [1.54, 1.807) is 0 Å². The van der Waals surface area contributed by atoms with E-state index in [-0.39, 0.29) is 11.5 Å². The molecule has 0 aromatic rings. The molecule has 0 aliphatic heterocycles. The molecule has 108 valence electrons. The summed E-state index contributed by atoms with van der Waals surface area (Å²) in [5.74, 6) is 0.460. The quantitative estimate of drug-likeness (QED) is 0.762. The zero-order chi connectivity index (χ0) is 14.3. The standard InChI is InChI=1S/C17H28O2/c1-12(2)6-5-8-16-9-7-14(10-15(16)18)11-17(16,19)13(3)4/h6,14-15,18-19H,3,5,7-11H2,1-2,4H3. The molecule has 0 aromatic carbocycles. The van der Waals surface area contributed by atoms with Crippen LogP contribution in [-0.4, -0.2) is 21.9 Å². The number of rotatable bonds is 4. The summed E-state index contributed by atoms with van der Waals surface area (Å²) in [5.41, 5.74) is 0.880. The fourth-order valence-corrected chi connectivity index (χ4v) is 4.29. The van der Waals surface area contributed by atoms with Crippen LogP contribution in [0.4, 0.5) is 0 Å². The molecule has 2 heteroatoms. The van der Waals surface area contributed by atoms with Crippen LogP contribution in [0.3, 0.4) is 0 Å². The summed E-state index contributed by atoms with van der Waals surface area (Å²) < 4.78 is 0. The fourth-order valence-electron chi connectivity index (χ4n) is 4.29. The molecule has 3 aliphatic rings. The van der Waals surface area contributed by atoms with E-state index in [2.05, 4.69) is 26.5 Å². The monoisotopic (exact) mass is 264 g/mol. The molecular weight excluding hydrogens is 236 g/mol. The lowest BCUT2D eigenvalue weighted by atomic mass is 9.48. The Labute approximate surface area is 117 Å². The van der Waals surface area contributed by atoms with E-state index in [1.165, 1.54) is 5.57 Å². The normalized spacial score (nSPS) is 41.1. The summed E-state index contributed by atoms with van der Waals surface area (Å²) in [4.78, 5) is 0. The number of aliphatic hydroxyl groups is 2. The van der Waals surface area contributed by atoms with Gasteiger partial charge in [0.05, 0.1) is 11.7 Å². The molecule has 0 aromatic heterocycles. The number of hydrogen-bond donors (Lipinski definition) is 2. The van der Waals surface area contributed by atoms with E-state index < -0.39 is 5.60 Å². The van der Waals surface area contributed by atoms with Crippen LogP contribution in [0, 0.1) is 11.3 Å². The van der Waals surface area contributed by atoms with Crippen molar-refractivity contribution in [2.75, 3.05) is 0 Å². The van der Waals surface area contributed by atoms with Crippen LogP contribution >= 0.6 is 0 Å². The Morgan fingerprint density at radius 2 is 2.05 bits per heavy atom. The molecule has 4 unspecified atom stereocenters. The molecular formula is C17H28O2. The number of fused-ring (bicyclic) bond motifs is 3. The molecule has 3 rings (SSSR count). The maximum atomic E-state index is 11.1. The van der Waals surface area contributed by atoms with Crippen molar-refractivity contribution in [1.82, 2.24) is 0 Å². The van der Waals surface area contributed by atoms with Gasteiger partial charge in [0.25, 0.3) is 0 Å². The van der Waals surface area contributed by atoms with E-state index >= 15 is 0 Å². The van der Waals surface area contributed by atoms with Crippen LogP contribution in [0.5, 0.6) is 0 Å². The van der Waals surface area contributed by atoms with Crippen LogP contribution in [0.2, 0.25) is 0 Å². The van der Waals surface area contributed by atoms with E-state index in [0.29, 0.717) is 5.92 Å². The van der Waals surface area contributed by atoms with Gasteiger partial charge in [0.15, 0.2) is 0 Å². The van der Waals surface area contributed by atoms with E-state index in [1.807, 2.05) is 6.92 Å². The molecule has 0 amide bonds. The predicted octanol–water partition coefficient (Wildman–Crippen LogP) is 3.59. The first-order valence-corrected chi connectivity index (χ1v) is 7.51. The van der Waals surface area contributed by atoms with Gasteiger partial charge in [-0.15, -0.1) is 0 Å². The Bertz CT molecular complexity index is 394. The summed E-state index contributed by atoms with van der Waals surface area (Å²) in [6, 6.07) is 0. The fraction of sp³-hybridized carbons (Fsp3) is 0.765. The minimum absolute atomic E-state index is 0.375. The van der Waals surface area contributed by atoms with Gasteiger partial charge in [-0.25, -0.2) is 0 Å². The summed E-state index contributed by atoms with van der Waals surface area (Å²) in [6.45, 7) is 10.1. The smallest absolute Gasteiger partial charge is 0.0934 e. The van der Waals surface area contributed by atoms with Gasteiger partial charge in [-0.05, 0) is 70.8 Å². The van der Waals surface area contributed by atoms with Crippen molar-refractivity contribution in [3.63, 3.8) is 0 Å². The molecule has 0 heterocycles. The third kappa shape index (κ3) is 2.30. The highest BCUT2D eigenvalue weighted by molar-refractivity contribution is 5.24. The summed E-state index contributed by atoms with van der Waals surface area (Å²) in [5, 5.41) is 21.7. The van der Waals surface area contributed by atoms with Gasteiger partial charge in [-0.2, -0.15) is 0 Å². The molecule has 0 spiro atoms. The first kappa shape index (κ1) is 14.8. The first-order valence-electron chi connectivity index (χ1n) is 7.51. The summed E-state index contributed by atoms with van der Waals surface area (Å²) in [6.07, 6.45) is 7.32. The third-order valence-corrected chi connectivity index (χ3v) is 5.45. The van der Waals surface area contributed by atoms with Crippen LogP contribution < -0.4 is 0 Å². The first-order chi connectivity index (χ1) is 8.82. The van der Waals surface area contributed by atoms with Gasteiger partial charge in [-0.1, -0.05) is 18.2 Å². The average Bonchev–Trinajstić information content (AvgIpc) is 2.30. The summed E-state index contributed by atoms with van der Waals surface area (Å²) >= 11 is 0. The third-order valence-electron chi connectivity index (χ3n) is 5.45. The summed E-state index contributed by atoms with van der Waals surface area (Å²) in [7, 11) is 0. The Morgan fingerprint density at radius 1 is 1.37 bits per heavy atom. The predicted molar refractivity (Wildman–Crippen MR) is 78.8 cm³/mol. The molecule has 2 bridgehead atoms. The van der Waals surface area contributed by atoms with Gasteiger partial charge in [0.1, 0.15) is 0 Å². The Morgan fingerprint density at radius 3 is 2.58 bits per heavy atom. The lowest BCUT2D eigenvalue weighted by molar-refractivity contribution is -0.201. The van der Waals surface area contributed by atoms with Crippen molar-refractivity contribution in [3.05, 3.63) is 23.8 Å². The van der Waals surface area contributed by atoms with Gasteiger partial charge in [0.2, 0.25) is 0 Å². The van der Waals surface area contributed by atoms with Crippen molar-refractivity contribution in [3.8, 4) is 0 Å². The molecule has 2 nitrogen and oxygen atoms in total. The second-order valence-electron chi connectivity index (χ2n) is 6.98. The highest BCUT2D eigenvalue weighted by Crippen LogP contribution is 2.60. The molecule has 3 saturated carbocycles. The molecule has 4 atom stereocenters. The second-order valence-corrected chi connectivity index (χ2v) is 6.98. The van der Waals surface area contributed by atoms with E-state index in [9.17, 15) is 10.2 Å². The maximum Gasteiger partial charge on any atom is 0.0934 e. The maximum absolute atomic E-state index is 11.1. The van der Waals surface area contributed by atoms with Gasteiger partial charge in [0, 0.05) is 5.41 Å². The van der Waals surface area contributed by atoms with Crippen molar-refractivity contribution in [2.24, 2.45) is 11.3 Å². The van der Waals surface area contributed by atoms with Crippen LogP contribution in [0.15, 0.2) is 23.8 Å². The lowest BCUT2D eigenvalue weighted by Crippen LogP contribution is -2.63. The molecule has 19 heavy (non-hydrogen) atoms. The van der Waals surface area contributed by atoms with Crippen LogP contribution in [0.25, 0.3) is 0 Å². The lowest BCUT2D eigenvalue weighted by Gasteiger charge is -2.60. The van der Waals surface area contributed by atoms with Gasteiger partial charge in [-0.3, -0.25) is 0 Å². The van der Waals surface area contributed by atoms with Crippen molar-refractivity contribution >= 4 is 0 Å². The van der Waals surface area contributed by atoms with E-state index in [4.69, 9.17) is 0 Å². The van der Waals surface area contributed by atoms with Crippen molar-refractivity contribution < 1.29 is 10.2 Å². The highest BCUT2D eigenvalue weighted by Gasteiger charge is 2.61. The molecule has 0 radical (unpaired) electrons. The number of aliphatic hydroxyl groups excluding tert-OH is 1. The Hall–Kier alpha value is -0.600. The van der Waals surface area contributed by atoms with Gasteiger partial charge < -0.3 is 10.2 Å². The molecule has 2 N–H and O–H groups in total. The minimum Gasteiger partial charge on any atom is -0.392 e. The Balaban J connectivity index is 2.28. The van der Waals surface area contributed by atoms with Crippen molar-refractivity contribution in [2.45, 2.75) is 71.0 Å². The van der Waals surface area contributed by atoms with Crippen molar-refractivity contribution in [1.29, 1.82) is 0 Å². The van der Waals surface area contributed by atoms with Crippen LogP contribution in [-0.2, 0) is 0 Å². The molecule has 0 saturated heterocycles. The molecule has 3 fully saturated rings. The SMILES string of the molecule is C=C(C)C1(O)CC2CCC1(CCC=C(C)C)C(O)C2. The highest BCUT2D eigenvalue weighted by atomic mass is 16.3.